The Hall–Kier alpha value is -2.92. The van der Waals surface area contributed by atoms with Crippen molar-refractivity contribution in [2.75, 3.05) is 27.2 Å². The molecule has 1 fully saturated rings. The predicted octanol–water partition coefficient (Wildman–Crippen LogP) is 3.29. The van der Waals surface area contributed by atoms with Gasteiger partial charge in [-0.3, -0.25) is 9.59 Å². The van der Waals surface area contributed by atoms with Gasteiger partial charge in [-0.15, -0.1) is 0 Å². The Kier molecular flexibility index (Phi) is 5.66. The van der Waals surface area contributed by atoms with Crippen molar-refractivity contribution in [2.45, 2.75) is 19.9 Å². The highest BCUT2D eigenvalue weighted by Gasteiger charge is 2.45. The lowest BCUT2D eigenvalue weighted by atomic mass is 9.93. The van der Waals surface area contributed by atoms with Gasteiger partial charge in [0.2, 0.25) is 0 Å². The lowest BCUT2D eigenvalue weighted by Crippen LogP contribution is -2.35. The molecule has 0 bridgehead atoms. The highest BCUT2D eigenvalue weighted by atomic mass is 16.3. The molecule has 0 aromatic heterocycles. The quantitative estimate of drug-likeness (QED) is 0.493. The van der Waals surface area contributed by atoms with Crippen LogP contribution < -0.4 is 0 Å². The van der Waals surface area contributed by atoms with Gasteiger partial charge in [0, 0.05) is 18.7 Å². The second-order valence-corrected chi connectivity index (χ2v) is 7.52. The Balaban J connectivity index is 2.18. The van der Waals surface area contributed by atoms with E-state index in [4.69, 9.17) is 0 Å². The summed E-state index contributed by atoms with van der Waals surface area (Å²) in [4.78, 5) is 29.3. The van der Waals surface area contributed by atoms with Crippen LogP contribution in [0.4, 0.5) is 0 Å². The Morgan fingerprint density at radius 3 is 2.39 bits per heavy atom. The van der Waals surface area contributed by atoms with Crippen molar-refractivity contribution < 1.29 is 14.7 Å². The maximum absolute atomic E-state index is 12.9. The lowest BCUT2D eigenvalue weighted by Gasteiger charge is -2.26. The van der Waals surface area contributed by atoms with Gasteiger partial charge in [-0.2, -0.15) is 0 Å². The summed E-state index contributed by atoms with van der Waals surface area (Å²) in [5, 5.41) is 11.1. The number of Topliss-reactive ketones (excluding diaryl/α,β-unsaturated/α-hetero) is 1. The van der Waals surface area contributed by atoms with E-state index in [1.54, 1.807) is 4.90 Å². The third kappa shape index (κ3) is 3.71. The molecule has 0 aliphatic carbocycles. The molecule has 0 radical (unpaired) electrons. The number of rotatable bonds is 5. The third-order valence-electron chi connectivity index (χ3n) is 5.09. The van der Waals surface area contributed by atoms with Crippen molar-refractivity contribution in [3.63, 3.8) is 0 Å². The molecule has 2 aromatic rings. The third-order valence-corrected chi connectivity index (χ3v) is 5.09. The number of likely N-dealkylation sites (tertiary alicyclic amines) is 1. The number of aliphatic hydroxyl groups excluding tert-OH is 1. The van der Waals surface area contributed by atoms with Crippen molar-refractivity contribution in [2.24, 2.45) is 0 Å². The van der Waals surface area contributed by atoms with Gasteiger partial charge < -0.3 is 14.9 Å². The Morgan fingerprint density at radius 2 is 1.75 bits per heavy atom. The molecule has 2 aromatic carbocycles. The molecule has 5 heteroatoms. The highest BCUT2D eigenvalue weighted by molar-refractivity contribution is 6.46. The minimum Gasteiger partial charge on any atom is -0.507 e. The fourth-order valence-corrected chi connectivity index (χ4v) is 3.54. The zero-order valence-electron chi connectivity index (χ0n) is 16.8. The smallest absolute Gasteiger partial charge is 0.295 e. The average Bonchev–Trinajstić information content (AvgIpc) is 2.93. The standard InChI is InChI=1S/C23H26N2O3/c1-15-10-11-16(2)18(14-15)21(26)19-20(17-8-6-5-7-9-17)25(13-12-24(3)4)23(28)22(19)27/h5-11,14,20,26H,12-13H2,1-4H3/b21-19+. The van der Waals surface area contributed by atoms with Crippen molar-refractivity contribution in [1.82, 2.24) is 9.80 Å². The number of hydrogen-bond acceptors (Lipinski definition) is 4. The highest BCUT2D eigenvalue weighted by Crippen LogP contribution is 2.39. The molecule has 0 saturated carbocycles. The summed E-state index contributed by atoms with van der Waals surface area (Å²) in [5.41, 5.74) is 3.39. The van der Waals surface area contributed by atoms with Crippen molar-refractivity contribution in [1.29, 1.82) is 0 Å². The first-order chi connectivity index (χ1) is 13.3. The molecule has 0 spiro atoms. The second-order valence-electron chi connectivity index (χ2n) is 7.52. The van der Waals surface area contributed by atoms with E-state index in [9.17, 15) is 14.7 Å². The van der Waals surface area contributed by atoms with E-state index >= 15 is 0 Å². The van der Waals surface area contributed by atoms with Crippen LogP contribution in [-0.2, 0) is 9.59 Å². The van der Waals surface area contributed by atoms with Crippen LogP contribution >= 0.6 is 0 Å². The molecule has 1 heterocycles. The minimum absolute atomic E-state index is 0.110. The van der Waals surface area contributed by atoms with E-state index in [0.717, 1.165) is 16.7 Å². The minimum atomic E-state index is -0.633. The number of hydrogen-bond donors (Lipinski definition) is 1. The van der Waals surface area contributed by atoms with Gasteiger partial charge in [0.05, 0.1) is 11.6 Å². The largest absolute Gasteiger partial charge is 0.507 e. The molecule has 1 aliphatic heterocycles. The first-order valence-electron chi connectivity index (χ1n) is 9.37. The van der Waals surface area contributed by atoms with Crippen LogP contribution in [0.1, 0.15) is 28.3 Å². The molecule has 1 aliphatic rings. The van der Waals surface area contributed by atoms with Crippen LogP contribution in [0.5, 0.6) is 0 Å². The van der Waals surface area contributed by atoms with Gasteiger partial charge in [0.15, 0.2) is 0 Å². The summed E-state index contributed by atoms with van der Waals surface area (Å²) >= 11 is 0. The van der Waals surface area contributed by atoms with Gasteiger partial charge in [0.25, 0.3) is 11.7 Å². The van der Waals surface area contributed by atoms with E-state index in [2.05, 4.69) is 0 Å². The van der Waals surface area contributed by atoms with Crippen LogP contribution in [-0.4, -0.2) is 53.8 Å². The monoisotopic (exact) mass is 378 g/mol. The number of benzene rings is 2. The number of aryl methyl sites for hydroxylation is 2. The average molecular weight is 378 g/mol. The van der Waals surface area contributed by atoms with Crippen LogP contribution in [0.2, 0.25) is 0 Å². The van der Waals surface area contributed by atoms with Crippen LogP contribution in [0.15, 0.2) is 54.1 Å². The summed E-state index contributed by atoms with van der Waals surface area (Å²) in [6.45, 7) is 4.84. The molecule has 1 atom stereocenters. The lowest BCUT2D eigenvalue weighted by molar-refractivity contribution is -0.140. The maximum atomic E-state index is 12.9. The number of nitrogens with zero attached hydrogens (tertiary/aromatic N) is 2. The van der Waals surface area contributed by atoms with E-state index in [0.29, 0.717) is 18.7 Å². The summed E-state index contributed by atoms with van der Waals surface area (Å²) in [7, 11) is 3.84. The number of likely N-dealkylation sites (N-methyl/N-ethyl adjacent to an activating group) is 1. The predicted molar refractivity (Wildman–Crippen MR) is 110 cm³/mol. The summed E-state index contributed by atoms with van der Waals surface area (Å²) in [6.07, 6.45) is 0. The normalized spacial score (nSPS) is 18.9. The summed E-state index contributed by atoms with van der Waals surface area (Å²) < 4.78 is 0. The van der Waals surface area contributed by atoms with Crippen molar-refractivity contribution in [3.8, 4) is 0 Å². The Morgan fingerprint density at radius 1 is 1.07 bits per heavy atom. The molecule has 5 nitrogen and oxygen atoms in total. The van der Waals surface area contributed by atoms with Crippen LogP contribution in [0, 0.1) is 13.8 Å². The van der Waals surface area contributed by atoms with Gasteiger partial charge in [-0.25, -0.2) is 0 Å². The molecular formula is C23H26N2O3. The van der Waals surface area contributed by atoms with Gasteiger partial charge in [-0.1, -0.05) is 48.0 Å². The second kappa shape index (κ2) is 7.98. The van der Waals surface area contributed by atoms with Crippen molar-refractivity contribution >= 4 is 17.4 Å². The summed E-state index contributed by atoms with van der Waals surface area (Å²) in [6, 6.07) is 14.5. The fraction of sp³-hybridized carbons (Fsp3) is 0.304. The van der Waals surface area contributed by atoms with Gasteiger partial charge in [-0.05, 0) is 45.1 Å². The van der Waals surface area contributed by atoms with E-state index in [1.807, 2.05) is 81.4 Å². The number of ketones is 1. The van der Waals surface area contributed by atoms with E-state index < -0.39 is 17.7 Å². The molecule has 1 saturated heterocycles. The molecule has 1 amide bonds. The van der Waals surface area contributed by atoms with Crippen LogP contribution in [0.3, 0.4) is 0 Å². The number of carbonyl (C=O) groups excluding carboxylic acids is 2. The van der Waals surface area contributed by atoms with Crippen molar-refractivity contribution in [3.05, 3.63) is 76.4 Å². The van der Waals surface area contributed by atoms with E-state index in [-0.39, 0.29) is 11.3 Å². The molecule has 28 heavy (non-hydrogen) atoms. The zero-order chi connectivity index (χ0) is 20.4. The number of amides is 1. The van der Waals surface area contributed by atoms with Crippen LogP contribution in [0.25, 0.3) is 5.76 Å². The molecule has 1 unspecified atom stereocenters. The molecule has 3 rings (SSSR count). The molecule has 146 valence electrons. The maximum Gasteiger partial charge on any atom is 0.295 e. The van der Waals surface area contributed by atoms with Gasteiger partial charge >= 0.3 is 0 Å². The topological polar surface area (TPSA) is 60.9 Å². The Labute approximate surface area is 165 Å². The first-order valence-corrected chi connectivity index (χ1v) is 9.37. The fourth-order valence-electron chi connectivity index (χ4n) is 3.54. The first kappa shape index (κ1) is 19.8. The molecular weight excluding hydrogens is 352 g/mol. The summed E-state index contributed by atoms with van der Waals surface area (Å²) in [5.74, 6) is -1.31. The molecule has 1 N–H and O–H groups in total. The number of carbonyl (C=O) groups is 2. The van der Waals surface area contributed by atoms with Gasteiger partial charge in [0.1, 0.15) is 5.76 Å². The Bertz CT molecular complexity index is 932. The van der Waals surface area contributed by atoms with E-state index in [1.165, 1.54) is 0 Å². The SMILES string of the molecule is Cc1ccc(C)c(/C(O)=C2\C(=O)C(=O)N(CCN(C)C)C2c2ccccc2)c1. The zero-order valence-corrected chi connectivity index (χ0v) is 16.8. The number of aliphatic hydroxyl groups is 1.